The molecule has 1 aliphatic rings. The van der Waals surface area contributed by atoms with Gasteiger partial charge in [-0.05, 0) is 60.5 Å². The van der Waals surface area contributed by atoms with Crippen molar-refractivity contribution in [2.75, 3.05) is 0 Å². The average molecular weight is 473 g/mol. The number of hydrogen-bond acceptors (Lipinski definition) is 4. The molecular weight excluding hydrogens is 460 g/mol. The molecule has 5 nitrogen and oxygen atoms in total. The van der Waals surface area contributed by atoms with Gasteiger partial charge in [0.25, 0.3) is 15.9 Å². The Hall–Kier alpha value is -2.98. The maximum Gasteiger partial charge on any atom is 0.416 e. The van der Waals surface area contributed by atoms with E-state index in [1.807, 2.05) is 4.72 Å². The maximum atomic E-state index is 13.6. The number of rotatable bonds is 4. The number of carbonyl (C=O) groups excluding carboxylic acids is 1. The van der Waals surface area contributed by atoms with Crippen LogP contribution in [0.25, 0.3) is 6.08 Å². The van der Waals surface area contributed by atoms with Crippen molar-refractivity contribution in [1.29, 1.82) is 0 Å². The molecule has 0 bridgehead atoms. The lowest BCUT2D eigenvalue weighted by atomic mass is 10.0. The number of amides is 1. The highest BCUT2D eigenvalue weighted by Crippen LogP contribution is 2.31. The topological polar surface area (TPSA) is 75.6 Å². The summed E-state index contributed by atoms with van der Waals surface area (Å²) in [4.78, 5) is 16.0. The second kappa shape index (κ2) is 8.27. The number of alkyl halides is 3. The fraction of sp³-hybridized carbons (Fsp3) is 0.100. The average Bonchev–Trinajstić information content (AvgIpc) is 3.01. The van der Waals surface area contributed by atoms with E-state index in [4.69, 9.17) is 11.6 Å². The van der Waals surface area contributed by atoms with Crippen LogP contribution in [0.3, 0.4) is 0 Å². The Bertz CT molecular complexity index is 1270. The summed E-state index contributed by atoms with van der Waals surface area (Å²) in [6, 6.07) is 7.50. The summed E-state index contributed by atoms with van der Waals surface area (Å²) in [5, 5.41) is -0.0879. The highest BCUT2D eigenvalue weighted by atomic mass is 35.5. The normalized spacial score (nSPS) is 15.6. The molecule has 0 aromatic heterocycles. The standard InChI is InChI=1S/C20H13ClF4N2O3S/c1-11-13(6-12-7-14(20(23,24)25)10-15(22)8-12)9-17(26-11)19(28)27-31(29,30)18-5-3-2-4-16(18)21/h2-10H,1H3,(H,27,28). The lowest BCUT2D eigenvalue weighted by Crippen LogP contribution is -2.31. The van der Waals surface area contributed by atoms with Crippen molar-refractivity contribution in [1.82, 2.24) is 4.72 Å². The first-order valence-corrected chi connectivity index (χ1v) is 10.4. The van der Waals surface area contributed by atoms with Gasteiger partial charge >= 0.3 is 6.18 Å². The summed E-state index contributed by atoms with van der Waals surface area (Å²) in [5.74, 6) is -2.14. The quantitative estimate of drug-likeness (QED) is 0.653. The molecule has 3 rings (SSSR count). The van der Waals surface area contributed by atoms with Crippen LogP contribution in [-0.2, 0) is 21.0 Å². The molecule has 0 spiro atoms. The number of allylic oxidation sites excluding steroid dienone is 2. The van der Waals surface area contributed by atoms with Crippen LogP contribution in [0.15, 0.2) is 69.7 Å². The van der Waals surface area contributed by atoms with Gasteiger partial charge in [0.1, 0.15) is 16.4 Å². The Morgan fingerprint density at radius 3 is 2.48 bits per heavy atom. The van der Waals surface area contributed by atoms with Gasteiger partial charge in [0.15, 0.2) is 0 Å². The Labute approximate surface area is 179 Å². The third-order valence-corrected chi connectivity index (χ3v) is 5.98. The van der Waals surface area contributed by atoms with Crippen LogP contribution in [0.5, 0.6) is 0 Å². The molecule has 2 aromatic carbocycles. The fourth-order valence-corrected chi connectivity index (χ4v) is 4.20. The van der Waals surface area contributed by atoms with E-state index in [1.165, 1.54) is 43.3 Å². The van der Waals surface area contributed by atoms with Crippen LogP contribution in [-0.4, -0.2) is 20.0 Å². The van der Waals surface area contributed by atoms with Gasteiger partial charge in [-0.1, -0.05) is 23.7 Å². The lowest BCUT2D eigenvalue weighted by molar-refractivity contribution is -0.137. The van der Waals surface area contributed by atoms with Gasteiger partial charge in [-0.15, -0.1) is 0 Å². The van der Waals surface area contributed by atoms with Crippen molar-refractivity contribution in [3.63, 3.8) is 0 Å². The number of carbonyl (C=O) groups is 1. The minimum atomic E-state index is -4.73. The van der Waals surface area contributed by atoms with E-state index in [-0.39, 0.29) is 32.5 Å². The molecule has 11 heteroatoms. The number of halogens is 5. The Morgan fingerprint density at radius 2 is 1.84 bits per heavy atom. The van der Waals surface area contributed by atoms with E-state index in [0.29, 0.717) is 6.07 Å². The lowest BCUT2D eigenvalue weighted by Gasteiger charge is -2.08. The first-order valence-electron chi connectivity index (χ1n) is 8.55. The van der Waals surface area contributed by atoms with E-state index in [2.05, 4.69) is 4.99 Å². The predicted molar refractivity (Wildman–Crippen MR) is 107 cm³/mol. The van der Waals surface area contributed by atoms with Crippen molar-refractivity contribution in [3.05, 3.63) is 81.8 Å². The highest BCUT2D eigenvalue weighted by molar-refractivity contribution is 7.90. The summed E-state index contributed by atoms with van der Waals surface area (Å²) in [7, 11) is -4.28. The van der Waals surface area contributed by atoms with E-state index >= 15 is 0 Å². The van der Waals surface area contributed by atoms with E-state index < -0.39 is 33.5 Å². The number of nitrogens with zero attached hydrogens (tertiary/aromatic N) is 1. The molecule has 1 N–H and O–H groups in total. The van der Waals surface area contributed by atoms with Gasteiger partial charge in [-0.25, -0.2) is 22.5 Å². The van der Waals surface area contributed by atoms with Crippen molar-refractivity contribution in [3.8, 4) is 0 Å². The summed E-state index contributed by atoms with van der Waals surface area (Å²) in [6.45, 7) is 1.47. The molecule has 0 radical (unpaired) electrons. The van der Waals surface area contributed by atoms with Gasteiger partial charge in [-0.3, -0.25) is 4.79 Å². The Balaban J connectivity index is 1.89. The van der Waals surface area contributed by atoms with Crippen LogP contribution in [0.2, 0.25) is 5.02 Å². The molecule has 0 aliphatic carbocycles. The molecular formula is C20H13ClF4N2O3S. The maximum absolute atomic E-state index is 13.6. The summed E-state index contributed by atoms with van der Waals surface area (Å²) >= 11 is 5.85. The van der Waals surface area contributed by atoms with Crippen LogP contribution in [0, 0.1) is 5.82 Å². The van der Waals surface area contributed by atoms with Crippen molar-refractivity contribution >= 4 is 39.3 Å². The predicted octanol–water partition coefficient (Wildman–Crippen LogP) is 4.74. The highest BCUT2D eigenvalue weighted by Gasteiger charge is 2.31. The Morgan fingerprint density at radius 1 is 1.16 bits per heavy atom. The number of sulfonamides is 1. The molecule has 1 heterocycles. The van der Waals surface area contributed by atoms with Crippen LogP contribution in [0.1, 0.15) is 18.1 Å². The van der Waals surface area contributed by atoms with Gasteiger partial charge in [0, 0.05) is 5.71 Å². The smallest absolute Gasteiger partial charge is 0.266 e. The van der Waals surface area contributed by atoms with Crippen molar-refractivity contribution in [2.45, 2.75) is 18.0 Å². The molecule has 0 unspecified atom stereocenters. The molecule has 0 saturated heterocycles. The Kier molecular flexibility index (Phi) is 6.06. The van der Waals surface area contributed by atoms with Crippen LogP contribution >= 0.6 is 11.6 Å². The molecule has 31 heavy (non-hydrogen) atoms. The third-order valence-electron chi connectivity index (χ3n) is 4.15. The SMILES string of the molecule is CC1=NC(C(=O)NS(=O)(=O)c2ccccc2Cl)=CC1=Cc1cc(F)cc(C(F)(F)F)c1. The summed E-state index contributed by atoms with van der Waals surface area (Å²) in [5.41, 5.74) is -1.10. The molecule has 162 valence electrons. The van der Waals surface area contributed by atoms with Crippen LogP contribution in [0.4, 0.5) is 17.6 Å². The van der Waals surface area contributed by atoms with Gasteiger partial charge in [0.2, 0.25) is 0 Å². The fourth-order valence-electron chi connectivity index (χ4n) is 2.72. The molecule has 0 atom stereocenters. The van der Waals surface area contributed by atoms with Crippen LogP contribution < -0.4 is 4.72 Å². The monoisotopic (exact) mass is 472 g/mol. The molecule has 0 saturated carbocycles. The third kappa shape index (κ3) is 5.20. The molecule has 0 fully saturated rings. The van der Waals surface area contributed by atoms with E-state index in [9.17, 15) is 30.8 Å². The van der Waals surface area contributed by atoms with Gasteiger partial charge in [0.05, 0.1) is 10.6 Å². The van der Waals surface area contributed by atoms with E-state index in [1.54, 1.807) is 0 Å². The largest absolute Gasteiger partial charge is 0.416 e. The first kappa shape index (κ1) is 22.7. The second-order valence-electron chi connectivity index (χ2n) is 6.46. The van der Waals surface area contributed by atoms with Gasteiger partial charge < -0.3 is 0 Å². The summed E-state index contributed by atoms with van der Waals surface area (Å²) < 4.78 is 78.9. The zero-order valence-corrected chi connectivity index (χ0v) is 17.2. The summed E-state index contributed by atoms with van der Waals surface area (Å²) in [6.07, 6.45) is -2.34. The number of hydrogen-bond donors (Lipinski definition) is 1. The molecule has 1 amide bonds. The zero-order chi connectivity index (χ0) is 23.0. The van der Waals surface area contributed by atoms with E-state index in [0.717, 1.165) is 12.1 Å². The minimum Gasteiger partial charge on any atom is -0.266 e. The zero-order valence-electron chi connectivity index (χ0n) is 15.7. The van der Waals surface area contributed by atoms with Gasteiger partial charge in [-0.2, -0.15) is 13.2 Å². The number of benzene rings is 2. The van der Waals surface area contributed by atoms with Crippen molar-refractivity contribution < 1.29 is 30.8 Å². The molecule has 2 aromatic rings. The first-order chi connectivity index (χ1) is 14.4. The number of aliphatic imine (C=N–C) groups is 1. The number of nitrogens with one attached hydrogen (secondary N) is 1. The van der Waals surface area contributed by atoms with Crippen molar-refractivity contribution in [2.24, 2.45) is 4.99 Å². The minimum absolute atomic E-state index is 0.0879. The second-order valence-corrected chi connectivity index (χ2v) is 8.52. The molecule has 1 aliphatic heterocycles.